The van der Waals surface area contributed by atoms with Crippen molar-refractivity contribution in [3.63, 3.8) is 0 Å². The quantitative estimate of drug-likeness (QED) is 0.747. The van der Waals surface area contributed by atoms with Crippen molar-refractivity contribution in [2.45, 2.75) is 64.5 Å². The second-order valence-electron chi connectivity index (χ2n) is 8.13. The molecule has 142 valence electrons. The highest BCUT2D eigenvalue weighted by atomic mass is 32.2. The van der Waals surface area contributed by atoms with Crippen molar-refractivity contribution in [3.8, 4) is 5.69 Å². The van der Waals surface area contributed by atoms with Crippen LogP contribution >= 0.6 is 11.8 Å². The predicted octanol–water partition coefficient (Wildman–Crippen LogP) is 5.29. The van der Waals surface area contributed by atoms with E-state index in [1.54, 1.807) is 11.8 Å². The highest BCUT2D eigenvalue weighted by Gasteiger charge is 2.27. The van der Waals surface area contributed by atoms with E-state index in [4.69, 9.17) is 5.10 Å². The number of hydrogen-bond donors (Lipinski definition) is 1. The number of carboxylic acid groups (broad SMARTS) is 1. The van der Waals surface area contributed by atoms with E-state index >= 15 is 0 Å². The van der Waals surface area contributed by atoms with E-state index in [0.717, 1.165) is 11.4 Å². The number of benzene rings is 1. The molecule has 0 saturated heterocycles. The van der Waals surface area contributed by atoms with Crippen molar-refractivity contribution >= 4 is 17.7 Å². The number of hydrogen-bond acceptors (Lipinski definition) is 3. The minimum Gasteiger partial charge on any atom is -0.478 e. The molecular formula is C21H30N2O2S. The Hall–Kier alpha value is -1.75. The second kappa shape index (κ2) is 7.87. The monoisotopic (exact) mass is 374 g/mol. The molecule has 2 rings (SSSR count). The number of rotatable bonds is 6. The van der Waals surface area contributed by atoms with E-state index < -0.39 is 5.97 Å². The van der Waals surface area contributed by atoms with Gasteiger partial charge < -0.3 is 5.11 Å². The summed E-state index contributed by atoms with van der Waals surface area (Å²) < 4.78 is 1.82. The normalized spacial score (nSPS) is 13.2. The van der Waals surface area contributed by atoms with Crippen LogP contribution in [0.5, 0.6) is 0 Å². The molecular weight excluding hydrogens is 344 g/mol. The van der Waals surface area contributed by atoms with Gasteiger partial charge in [0.15, 0.2) is 0 Å². The molecule has 1 aromatic carbocycles. The van der Waals surface area contributed by atoms with Crippen LogP contribution < -0.4 is 0 Å². The van der Waals surface area contributed by atoms with Crippen LogP contribution in [0.4, 0.5) is 0 Å². The van der Waals surface area contributed by atoms with Crippen LogP contribution in [0, 0.1) is 0 Å². The highest BCUT2D eigenvalue weighted by molar-refractivity contribution is 7.99. The van der Waals surface area contributed by atoms with Gasteiger partial charge in [-0.25, -0.2) is 9.48 Å². The van der Waals surface area contributed by atoms with Crippen molar-refractivity contribution < 1.29 is 9.90 Å². The zero-order valence-corrected chi connectivity index (χ0v) is 17.6. The van der Waals surface area contributed by atoms with E-state index in [9.17, 15) is 9.90 Å². The van der Waals surface area contributed by atoms with Crippen LogP contribution in [-0.4, -0.2) is 32.4 Å². The minimum atomic E-state index is -0.894. The Morgan fingerprint density at radius 1 is 1.19 bits per heavy atom. The van der Waals surface area contributed by atoms with Gasteiger partial charge in [-0.1, -0.05) is 53.7 Å². The third-order valence-corrected chi connectivity index (χ3v) is 5.59. The van der Waals surface area contributed by atoms with Crippen molar-refractivity contribution in [2.75, 3.05) is 6.26 Å². The van der Waals surface area contributed by atoms with Gasteiger partial charge in [-0.15, -0.1) is 0 Å². The molecule has 1 N–H and O–H groups in total. The minimum absolute atomic E-state index is 0.0641. The molecule has 1 unspecified atom stereocenters. The van der Waals surface area contributed by atoms with Crippen LogP contribution in [0.25, 0.3) is 5.69 Å². The van der Waals surface area contributed by atoms with Crippen molar-refractivity contribution in [1.82, 2.24) is 9.78 Å². The average molecular weight is 375 g/mol. The Kier molecular flexibility index (Phi) is 6.22. The number of carboxylic acids is 1. The first-order valence-electron chi connectivity index (χ1n) is 9.05. The molecule has 1 atom stereocenters. The summed E-state index contributed by atoms with van der Waals surface area (Å²) in [6, 6.07) is 8.28. The lowest BCUT2D eigenvalue weighted by atomic mass is 9.87. The lowest BCUT2D eigenvalue weighted by Crippen LogP contribution is -2.12. The molecule has 1 heterocycles. The molecule has 0 spiro atoms. The largest absolute Gasteiger partial charge is 0.478 e. The number of aromatic carboxylic acids is 1. The third-order valence-electron chi connectivity index (χ3n) is 4.62. The van der Waals surface area contributed by atoms with Gasteiger partial charge in [0.25, 0.3) is 0 Å². The summed E-state index contributed by atoms with van der Waals surface area (Å²) in [7, 11) is 0. The molecule has 0 fully saturated rings. The summed E-state index contributed by atoms with van der Waals surface area (Å²) in [4.78, 5) is 12.0. The zero-order chi connectivity index (χ0) is 19.6. The summed E-state index contributed by atoms with van der Waals surface area (Å²) in [5, 5.41) is 14.9. The Morgan fingerprint density at radius 3 is 2.19 bits per heavy atom. The van der Waals surface area contributed by atoms with E-state index in [1.807, 2.05) is 36.9 Å². The molecule has 1 aromatic heterocycles. The molecule has 0 bridgehead atoms. The SMILES string of the molecule is CSC(C)Cc1nn(-c2ccc(C(C)(C)C)cc2)c(C(C)C)c1C(=O)O. The standard InChI is InChI=1S/C21H30N2O2S/c1-13(2)19-18(20(24)25)17(12-14(3)26-7)22-23(19)16-10-8-15(9-11-16)21(4,5)6/h8-11,13-14H,12H2,1-7H3,(H,24,25). The van der Waals surface area contributed by atoms with Crippen LogP contribution in [0.15, 0.2) is 24.3 Å². The van der Waals surface area contributed by atoms with Crippen molar-refractivity contribution in [2.24, 2.45) is 0 Å². The van der Waals surface area contributed by atoms with Crippen LogP contribution in [0.1, 0.15) is 74.8 Å². The predicted molar refractivity (Wildman–Crippen MR) is 110 cm³/mol. The van der Waals surface area contributed by atoms with Gasteiger partial charge in [0.05, 0.1) is 17.1 Å². The topological polar surface area (TPSA) is 55.1 Å². The molecule has 0 amide bonds. The van der Waals surface area contributed by atoms with Gasteiger partial charge in [0.2, 0.25) is 0 Å². The molecule has 5 heteroatoms. The Morgan fingerprint density at radius 2 is 1.77 bits per heavy atom. The average Bonchev–Trinajstić information content (AvgIpc) is 2.93. The van der Waals surface area contributed by atoms with Gasteiger partial charge in [0.1, 0.15) is 5.56 Å². The van der Waals surface area contributed by atoms with Gasteiger partial charge in [-0.05, 0) is 35.3 Å². The van der Waals surface area contributed by atoms with Crippen LogP contribution in [-0.2, 0) is 11.8 Å². The van der Waals surface area contributed by atoms with Gasteiger partial charge >= 0.3 is 5.97 Å². The first-order valence-corrected chi connectivity index (χ1v) is 10.3. The summed E-state index contributed by atoms with van der Waals surface area (Å²) in [6.45, 7) is 12.7. The fourth-order valence-electron chi connectivity index (χ4n) is 3.04. The van der Waals surface area contributed by atoms with E-state index in [0.29, 0.717) is 22.9 Å². The Bertz CT molecular complexity index is 771. The van der Waals surface area contributed by atoms with E-state index in [2.05, 4.69) is 39.8 Å². The third kappa shape index (κ3) is 4.32. The summed E-state index contributed by atoms with van der Waals surface area (Å²) >= 11 is 1.72. The molecule has 2 aromatic rings. The zero-order valence-electron chi connectivity index (χ0n) is 16.8. The summed E-state index contributed by atoms with van der Waals surface area (Å²) in [5.74, 6) is -0.830. The fourth-order valence-corrected chi connectivity index (χ4v) is 3.37. The fraction of sp³-hybridized carbons (Fsp3) is 0.524. The van der Waals surface area contributed by atoms with Gasteiger partial charge in [-0.3, -0.25) is 0 Å². The summed E-state index contributed by atoms with van der Waals surface area (Å²) in [5.41, 5.74) is 4.03. The highest BCUT2D eigenvalue weighted by Crippen LogP contribution is 2.29. The smallest absolute Gasteiger partial charge is 0.339 e. The van der Waals surface area contributed by atoms with Crippen LogP contribution in [0.2, 0.25) is 0 Å². The van der Waals surface area contributed by atoms with Crippen molar-refractivity contribution in [3.05, 3.63) is 46.8 Å². The Balaban J connectivity index is 2.60. The molecule has 0 aliphatic carbocycles. The first-order chi connectivity index (χ1) is 12.1. The maximum atomic E-state index is 12.0. The maximum absolute atomic E-state index is 12.0. The molecule has 4 nitrogen and oxygen atoms in total. The number of nitrogens with zero attached hydrogens (tertiary/aromatic N) is 2. The first kappa shape index (κ1) is 20.6. The Labute approximate surface area is 161 Å². The molecule has 26 heavy (non-hydrogen) atoms. The maximum Gasteiger partial charge on any atom is 0.339 e. The van der Waals surface area contributed by atoms with Gasteiger partial charge in [0, 0.05) is 11.7 Å². The molecule has 0 aliphatic heterocycles. The lowest BCUT2D eigenvalue weighted by Gasteiger charge is -2.19. The van der Waals surface area contributed by atoms with E-state index in [1.165, 1.54) is 5.56 Å². The van der Waals surface area contributed by atoms with E-state index in [-0.39, 0.29) is 11.3 Å². The number of thioether (sulfide) groups is 1. The molecule has 0 saturated carbocycles. The number of carbonyl (C=O) groups is 1. The lowest BCUT2D eigenvalue weighted by molar-refractivity contribution is 0.0694. The van der Waals surface area contributed by atoms with Gasteiger partial charge in [-0.2, -0.15) is 16.9 Å². The summed E-state index contributed by atoms with van der Waals surface area (Å²) in [6.07, 6.45) is 2.69. The molecule has 0 radical (unpaired) electrons. The van der Waals surface area contributed by atoms with Crippen molar-refractivity contribution in [1.29, 1.82) is 0 Å². The number of aromatic nitrogens is 2. The van der Waals surface area contributed by atoms with Crippen LogP contribution in [0.3, 0.4) is 0 Å². The second-order valence-corrected chi connectivity index (χ2v) is 9.40. The molecule has 0 aliphatic rings.